The highest BCUT2D eigenvalue weighted by molar-refractivity contribution is 4.80. The summed E-state index contributed by atoms with van der Waals surface area (Å²) in [5, 5.41) is 0. The highest BCUT2D eigenvalue weighted by Crippen LogP contribution is 2.41. The summed E-state index contributed by atoms with van der Waals surface area (Å²) in [7, 11) is 0. The molecule has 1 rings (SSSR count). The van der Waals surface area contributed by atoms with E-state index in [0.29, 0.717) is 0 Å². The van der Waals surface area contributed by atoms with E-state index >= 15 is 0 Å². The van der Waals surface area contributed by atoms with Gasteiger partial charge in [0.25, 0.3) is 0 Å². The topological polar surface area (TPSA) is 0 Å². The Morgan fingerprint density at radius 2 is 1.17 bits per heavy atom. The van der Waals surface area contributed by atoms with Crippen LogP contribution < -0.4 is 0 Å². The Hall–Kier alpha value is 0. The second-order valence-electron chi connectivity index (χ2n) is 5.46. The molecule has 0 aromatic heterocycles. The summed E-state index contributed by atoms with van der Waals surface area (Å²) in [4.78, 5) is 0. The van der Waals surface area contributed by atoms with Crippen LogP contribution in [0.15, 0.2) is 0 Å². The molecule has 0 saturated heterocycles. The van der Waals surface area contributed by atoms with E-state index in [2.05, 4.69) is 27.7 Å². The first-order valence-electron chi connectivity index (χ1n) is 5.58. The van der Waals surface area contributed by atoms with E-state index in [-0.39, 0.29) is 0 Å². The fourth-order valence-corrected chi connectivity index (χ4v) is 2.59. The van der Waals surface area contributed by atoms with Gasteiger partial charge in [-0.1, -0.05) is 27.7 Å². The van der Waals surface area contributed by atoms with E-state index in [1.54, 1.807) is 0 Å². The van der Waals surface area contributed by atoms with Gasteiger partial charge in [0.05, 0.1) is 0 Å². The summed E-state index contributed by atoms with van der Waals surface area (Å²) >= 11 is 0. The molecular formula is C12H24. The maximum absolute atomic E-state index is 2.34. The largest absolute Gasteiger partial charge is 0.0628 e. The van der Waals surface area contributed by atoms with Crippen LogP contribution in [0.25, 0.3) is 0 Å². The van der Waals surface area contributed by atoms with Gasteiger partial charge < -0.3 is 0 Å². The number of hydrogen-bond donors (Lipinski definition) is 0. The van der Waals surface area contributed by atoms with Gasteiger partial charge in [0.15, 0.2) is 0 Å². The zero-order valence-corrected chi connectivity index (χ0v) is 9.14. The lowest BCUT2D eigenvalue weighted by Gasteiger charge is -2.37. The average molecular weight is 168 g/mol. The van der Waals surface area contributed by atoms with Crippen LogP contribution in [0, 0.1) is 23.7 Å². The Labute approximate surface area is 77.7 Å². The highest BCUT2D eigenvalue weighted by atomic mass is 14.3. The van der Waals surface area contributed by atoms with Crippen molar-refractivity contribution in [2.45, 2.75) is 53.4 Å². The van der Waals surface area contributed by atoms with Crippen molar-refractivity contribution in [3.8, 4) is 0 Å². The molecule has 0 atom stereocenters. The van der Waals surface area contributed by atoms with Gasteiger partial charge in [-0.25, -0.2) is 0 Å². The lowest BCUT2D eigenvalue weighted by Crippen LogP contribution is -2.25. The standard InChI is InChI=1S/C12H24/c1-9(2)5-11-7-12(8-11)6-10(3)4/h9-12H,5-8H2,1-4H3. The Kier molecular flexibility index (Phi) is 3.61. The molecule has 1 aliphatic carbocycles. The Morgan fingerprint density at radius 3 is 1.42 bits per heavy atom. The van der Waals surface area contributed by atoms with Crippen molar-refractivity contribution in [2.75, 3.05) is 0 Å². The second-order valence-corrected chi connectivity index (χ2v) is 5.46. The third-order valence-electron chi connectivity index (χ3n) is 2.94. The summed E-state index contributed by atoms with van der Waals surface area (Å²) in [5.41, 5.74) is 0. The Morgan fingerprint density at radius 1 is 0.833 bits per heavy atom. The van der Waals surface area contributed by atoms with Crippen molar-refractivity contribution in [1.82, 2.24) is 0 Å². The molecule has 1 aliphatic rings. The van der Waals surface area contributed by atoms with Crippen molar-refractivity contribution < 1.29 is 0 Å². The first kappa shape index (κ1) is 10.1. The zero-order chi connectivity index (χ0) is 9.14. The maximum atomic E-state index is 2.34. The molecule has 0 spiro atoms. The lowest BCUT2D eigenvalue weighted by molar-refractivity contribution is 0.142. The minimum Gasteiger partial charge on any atom is -0.0628 e. The molecule has 0 unspecified atom stereocenters. The Bertz CT molecular complexity index is 104. The smallest absolute Gasteiger partial charge is 0.0407 e. The average Bonchev–Trinajstić information content (AvgIpc) is 1.80. The van der Waals surface area contributed by atoms with Gasteiger partial charge in [0, 0.05) is 0 Å². The summed E-state index contributed by atoms with van der Waals surface area (Å²) in [6.07, 6.45) is 5.98. The van der Waals surface area contributed by atoms with Crippen LogP contribution in [-0.2, 0) is 0 Å². The number of hydrogen-bond acceptors (Lipinski definition) is 0. The van der Waals surface area contributed by atoms with E-state index in [1.165, 1.54) is 25.7 Å². The molecule has 0 aliphatic heterocycles. The predicted molar refractivity (Wildman–Crippen MR) is 55.1 cm³/mol. The van der Waals surface area contributed by atoms with Gasteiger partial charge in [-0.2, -0.15) is 0 Å². The molecule has 0 heteroatoms. The van der Waals surface area contributed by atoms with Crippen LogP contribution in [-0.4, -0.2) is 0 Å². The third-order valence-corrected chi connectivity index (χ3v) is 2.94. The monoisotopic (exact) mass is 168 g/mol. The minimum atomic E-state index is 0.912. The van der Waals surface area contributed by atoms with E-state index in [9.17, 15) is 0 Å². The lowest BCUT2D eigenvalue weighted by atomic mass is 9.69. The van der Waals surface area contributed by atoms with Crippen LogP contribution in [0.5, 0.6) is 0 Å². The van der Waals surface area contributed by atoms with Crippen LogP contribution in [0.3, 0.4) is 0 Å². The van der Waals surface area contributed by atoms with E-state index in [0.717, 1.165) is 23.7 Å². The molecule has 0 aromatic rings. The van der Waals surface area contributed by atoms with Gasteiger partial charge in [0.2, 0.25) is 0 Å². The summed E-state index contributed by atoms with van der Waals surface area (Å²) in [6, 6.07) is 0. The van der Waals surface area contributed by atoms with Gasteiger partial charge >= 0.3 is 0 Å². The Balaban J connectivity index is 2.04. The molecule has 12 heavy (non-hydrogen) atoms. The van der Waals surface area contributed by atoms with Gasteiger partial charge in [-0.3, -0.25) is 0 Å². The van der Waals surface area contributed by atoms with Crippen LogP contribution >= 0.6 is 0 Å². The molecular weight excluding hydrogens is 144 g/mol. The van der Waals surface area contributed by atoms with Crippen molar-refractivity contribution in [3.63, 3.8) is 0 Å². The molecule has 0 N–H and O–H groups in total. The highest BCUT2D eigenvalue weighted by Gasteiger charge is 2.29. The van der Waals surface area contributed by atoms with Crippen molar-refractivity contribution in [1.29, 1.82) is 0 Å². The third kappa shape index (κ3) is 3.16. The summed E-state index contributed by atoms with van der Waals surface area (Å²) < 4.78 is 0. The maximum Gasteiger partial charge on any atom is -0.0407 e. The fourth-order valence-electron chi connectivity index (χ4n) is 2.59. The summed E-state index contributed by atoms with van der Waals surface area (Å²) in [6.45, 7) is 9.37. The molecule has 0 bridgehead atoms. The van der Waals surface area contributed by atoms with Crippen molar-refractivity contribution >= 4 is 0 Å². The fraction of sp³-hybridized carbons (Fsp3) is 1.00. The minimum absolute atomic E-state index is 0.912. The summed E-state index contributed by atoms with van der Waals surface area (Å²) in [5.74, 6) is 3.98. The SMILES string of the molecule is CC(C)CC1CC(CC(C)C)C1. The first-order valence-corrected chi connectivity index (χ1v) is 5.58. The number of rotatable bonds is 4. The normalized spacial score (nSPS) is 29.5. The molecule has 0 amide bonds. The van der Waals surface area contributed by atoms with Crippen LogP contribution in [0.1, 0.15) is 53.4 Å². The van der Waals surface area contributed by atoms with Gasteiger partial charge in [-0.15, -0.1) is 0 Å². The van der Waals surface area contributed by atoms with E-state index < -0.39 is 0 Å². The molecule has 0 heterocycles. The van der Waals surface area contributed by atoms with E-state index in [4.69, 9.17) is 0 Å². The quantitative estimate of drug-likeness (QED) is 0.592. The molecule has 1 fully saturated rings. The zero-order valence-electron chi connectivity index (χ0n) is 9.14. The van der Waals surface area contributed by atoms with Gasteiger partial charge in [-0.05, 0) is 49.4 Å². The van der Waals surface area contributed by atoms with Gasteiger partial charge in [0.1, 0.15) is 0 Å². The van der Waals surface area contributed by atoms with Crippen molar-refractivity contribution in [3.05, 3.63) is 0 Å². The molecule has 1 saturated carbocycles. The van der Waals surface area contributed by atoms with Crippen LogP contribution in [0.2, 0.25) is 0 Å². The first-order chi connectivity index (χ1) is 5.58. The van der Waals surface area contributed by atoms with E-state index in [1.807, 2.05) is 0 Å². The molecule has 0 aromatic carbocycles. The van der Waals surface area contributed by atoms with Crippen LogP contribution in [0.4, 0.5) is 0 Å². The molecule has 72 valence electrons. The molecule has 0 radical (unpaired) electrons. The predicted octanol–water partition coefficient (Wildman–Crippen LogP) is 4.10. The second kappa shape index (κ2) is 4.30. The molecule has 0 nitrogen and oxygen atoms in total. The van der Waals surface area contributed by atoms with Crippen molar-refractivity contribution in [2.24, 2.45) is 23.7 Å².